The van der Waals surface area contributed by atoms with Crippen LogP contribution in [0.5, 0.6) is 0 Å². The average Bonchev–Trinajstić information content (AvgIpc) is 2.41. The molecule has 0 bridgehead atoms. The third-order valence-electron chi connectivity index (χ3n) is 4.18. The zero-order chi connectivity index (χ0) is 14.0. The first-order valence-electron chi connectivity index (χ1n) is 6.94. The second-order valence-electron chi connectivity index (χ2n) is 5.34. The molecule has 0 saturated heterocycles. The van der Waals surface area contributed by atoms with Crippen LogP contribution < -0.4 is 11.1 Å². The normalized spacial score (nSPS) is 16.2. The third-order valence-corrected chi connectivity index (χ3v) is 4.18. The molecule has 0 heterocycles. The Labute approximate surface area is 118 Å². The largest absolute Gasteiger partial charge is 0.397 e. The number of nitrogens with one attached hydrogen (secondary N) is 1. The van der Waals surface area contributed by atoms with E-state index in [4.69, 9.17) is 5.73 Å². The highest BCUT2D eigenvalue weighted by atomic mass is 16.2. The summed E-state index contributed by atoms with van der Waals surface area (Å²) in [7, 11) is 0. The summed E-state index contributed by atoms with van der Waals surface area (Å²) >= 11 is 0. The lowest BCUT2D eigenvalue weighted by Crippen LogP contribution is -2.46. The number of hydrogen-bond donors (Lipinski definition) is 2. The van der Waals surface area contributed by atoms with Gasteiger partial charge < -0.3 is 11.1 Å². The van der Waals surface area contributed by atoms with E-state index in [9.17, 15) is 4.79 Å². The zero-order valence-electron chi connectivity index (χ0n) is 11.3. The number of anilines is 2. The van der Waals surface area contributed by atoms with E-state index in [-0.39, 0.29) is 11.3 Å². The number of carbonyl (C=O) groups is 1. The van der Waals surface area contributed by atoms with E-state index >= 15 is 0 Å². The monoisotopic (exact) mass is 266 g/mol. The Bertz CT molecular complexity index is 618. The fraction of sp³-hybridized carbons (Fsp3) is 0.235. The van der Waals surface area contributed by atoms with Crippen molar-refractivity contribution >= 4 is 17.3 Å². The van der Waals surface area contributed by atoms with Crippen LogP contribution in [0.1, 0.15) is 24.8 Å². The SMILES string of the molecule is Nc1ccccc1NC(=O)C1(c2ccccc2)CCC1. The Balaban J connectivity index is 1.87. The van der Waals surface area contributed by atoms with Crippen molar-refractivity contribution in [2.45, 2.75) is 24.7 Å². The number of carbonyl (C=O) groups excluding carboxylic acids is 1. The predicted molar refractivity (Wildman–Crippen MR) is 81.5 cm³/mol. The highest BCUT2D eigenvalue weighted by Crippen LogP contribution is 2.44. The summed E-state index contributed by atoms with van der Waals surface area (Å²) in [5.74, 6) is 0.0489. The predicted octanol–water partition coefficient (Wildman–Crippen LogP) is 3.33. The quantitative estimate of drug-likeness (QED) is 0.837. The van der Waals surface area contributed by atoms with E-state index in [1.165, 1.54) is 0 Å². The van der Waals surface area contributed by atoms with E-state index in [2.05, 4.69) is 5.32 Å². The smallest absolute Gasteiger partial charge is 0.235 e. The van der Waals surface area contributed by atoms with E-state index in [1.54, 1.807) is 6.07 Å². The summed E-state index contributed by atoms with van der Waals surface area (Å²) < 4.78 is 0. The topological polar surface area (TPSA) is 55.1 Å². The van der Waals surface area contributed by atoms with Gasteiger partial charge in [0.05, 0.1) is 16.8 Å². The van der Waals surface area contributed by atoms with Crippen LogP contribution in [-0.4, -0.2) is 5.91 Å². The minimum Gasteiger partial charge on any atom is -0.397 e. The van der Waals surface area contributed by atoms with Crippen molar-refractivity contribution in [1.82, 2.24) is 0 Å². The van der Waals surface area contributed by atoms with Crippen LogP contribution in [0.3, 0.4) is 0 Å². The molecule has 2 aromatic rings. The van der Waals surface area contributed by atoms with Crippen molar-refractivity contribution < 1.29 is 4.79 Å². The van der Waals surface area contributed by atoms with Crippen molar-refractivity contribution in [3.05, 3.63) is 60.2 Å². The molecule has 1 aliphatic carbocycles. The van der Waals surface area contributed by atoms with Gasteiger partial charge in [-0.3, -0.25) is 4.79 Å². The van der Waals surface area contributed by atoms with Gasteiger partial charge in [0, 0.05) is 0 Å². The number of para-hydroxylation sites is 2. The van der Waals surface area contributed by atoms with E-state index in [0.29, 0.717) is 11.4 Å². The summed E-state index contributed by atoms with van der Waals surface area (Å²) in [5, 5.41) is 2.99. The molecule has 1 amide bonds. The molecule has 20 heavy (non-hydrogen) atoms. The van der Waals surface area contributed by atoms with Crippen molar-refractivity contribution in [2.24, 2.45) is 0 Å². The number of hydrogen-bond acceptors (Lipinski definition) is 2. The molecule has 0 unspecified atom stereocenters. The van der Waals surface area contributed by atoms with Crippen molar-refractivity contribution in [1.29, 1.82) is 0 Å². The number of rotatable bonds is 3. The lowest BCUT2D eigenvalue weighted by Gasteiger charge is -2.40. The highest BCUT2D eigenvalue weighted by Gasteiger charge is 2.45. The van der Waals surface area contributed by atoms with E-state index in [1.807, 2.05) is 48.5 Å². The molecule has 0 radical (unpaired) electrons. The number of benzene rings is 2. The molecule has 0 atom stereocenters. The van der Waals surface area contributed by atoms with Crippen LogP contribution in [0, 0.1) is 0 Å². The van der Waals surface area contributed by atoms with Crippen molar-refractivity contribution in [2.75, 3.05) is 11.1 Å². The van der Waals surface area contributed by atoms with Gasteiger partial charge in [-0.05, 0) is 30.5 Å². The maximum Gasteiger partial charge on any atom is 0.235 e. The second-order valence-corrected chi connectivity index (χ2v) is 5.34. The fourth-order valence-electron chi connectivity index (χ4n) is 2.79. The number of nitrogen functional groups attached to an aromatic ring is 1. The molecule has 3 N–H and O–H groups in total. The van der Waals surface area contributed by atoms with E-state index < -0.39 is 0 Å². The summed E-state index contributed by atoms with van der Waals surface area (Å²) in [6, 6.07) is 17.4. The summed E-state index contributed by atoms with van der Waals surface area (Å²) in [6.45, 7) is 0. The van der Waals surface area contributed by atoms with Gasteiger partial charge in [0.1, 0.15) is 0 Å². The molecule has 0 spiro atoms. The molecule has 3 heteroatoms. The maximum atomic E-state index is 12.7. The Morgan fingerprint density at radius 3 is 2.25 bits per heavy atom. The molecule has 0 aromatic heterocycles. The van der Waals surface area contributed by atoms with Gasteiger partial charge in [-0.2, -0.15) is 0 Å². The van der Waals surface area contributed by atoms with Gasteiger partial charge in [-0.25, -0.2) is 0 Å². The Hall–Kier alpha value is -2.29. The molecule has 1 fully saturated rings. The standard InChI is InChI=1S/C17H18N2O/c18-14-9-4-5-10-15(14)19-16(20)17(11-6-12-17)13-7-2-1-3-8-13/h1-5,7-10H,6,11-12,18H2,(H,19,20). The van der Waals surface area contributed by atoms with Gasteiger partial charge in [0.25, 0.3) is 0 Å². The van der Waals surface area contributed by atoms with Gasteiger partial charge in [0.2, 0.25) is 5.91 Å². The Morgan fingerprint density at radius 1 is 1.00 bits per heavy atom. The van der Waals surface area contributed by atoms with Gasteiger partial charge >= 0.3 is 0 Å². The average molecular weight is 266 g/mol. The number of nitrogens with two attached hydrogens (primary N) is 1. The molecule has 0 aliphatic heterocycles. The van der Waals surface area contributed by atoms with E-state index in [0.717, 1.165) is 24.8 Å². The second kappa shape index (κ2) is 5.00. The highest BCUT2D eigenvalue weighted by molar-refractivity contribution is 6.01. The molecule has 3 nitrogen and oxygen atoms in total. The molecule has 1 aliphatic rings. The van der Waals surface area contributed by atoms with Crippen LogP contribution >= 0.6 is 0 Å². The minimum atomic E-state index is -0.385. The summed E-state index contributed by atoms with van der Waals surface area (Å²) in [4.78, 5) is 12.7. The van der Waals surface area contributed by atoms with Gasteiger partial charge in [0.15, 0.2) is 0 Å². The zero-order valence-corrected chi connectivity index (χ0v) is 11.3. The first kappa shape index (κ1) is 12.7. The minimum absolute atomic E-state index is 0.0489. The lowest BCUT2D eigenvalue weighted by molar-refractivity contribution is -0.124. The molecule has 2 aromatic carbocycles. The van der Waals surface area contributed by atoms with Crippen molar-refractivity contribution in [3.8, 4) is 0 Å². The molecule has 1 saturated carbocycles. The third kappa shape index (κ3) is 2.05. The summed E-state index contributed by atoms with van der Waals surface area (Å²) in [6.07, 6.45) is 2.89. The van der Waals surface area contributed by atoms with Crippen LogP contribution in [0.2, 0.25) is 0 Å². The number of amides is 1. The fourth-order valence-corrected chi connectivity index (χ4v) is 2.79. The first-order chi connectivity index (χ1) is 9.72. The first-order valence-corrected chi connectivity index (χ1v) is 6.94. The summed E-state index contributed by atoms with van der Waals surface area (Å²) in [5.41, 5.74) is 7.90. The molecular formula is C17H18N2O. The Morgan fingerprint density at radius 2 is 1.65 bits per heavy atom. The molecule has 102 valence electrons. The van der Waals surface area contributed by atoms with Crippen LogP contribution in [0.15, 0.2) is 54.6 Å². The maximum absolute atomic E-state index is 12.7. The molecular weight excluding hydrogens is 248 g/mol. The van der Waals surface area contributed by atoms with Crippen LogP contribution in [0.4, 0.5) is 11.4 Å². The van der Waals surface area contributed by atoms with Gasteiger partial charge in [-0.1, -0.05) is 48.9 Å². The van der Waals surface area contributed by atoms with Gasteiger partial charge in [-0.15, -0.1) is 0 Å². The lowest BCUT2D eigenvalue weighted by atomic mass is 9.64. The molecule has 3 rings (SSSR count). The Kier molecular flexibility index (Phi) is 3.18. The van der Waals surface area contributed by atoms with Crippen molar-refractivity contribution in [3.63, 3.8) is 0 Å². The van der Waals surface area contributed by atoms with Crippen LogP contribution in [0.25, 0.3) is 0 Å². The van der Waals surface area contributed by atoms with Crippen LogP contribution in [-0.2, 0) is 10.2 Å².